The topological polar surface area (TPSA) is 44.5 Å². The molecule has 0 aliphatic heterocycles. The zero-order chi connectivity index (χ0) is 15.2. The number of methoxy groups -OCH3 is 1. The fourth-order valence-electron chi connectivity index (χ4n) is 2.24. The van der Waals surface area contributed by atoms with E-state index in [1.54, 1.807) is 7.11 Å². The molecule has 2 aromatic rings. The Kier molecular flexibility index (Phi) is 5.48. The second kappa shape index (κ2) is 7.34. The van der Waals surface area contributed by atoms with Crippen molar-refractivity contribution in [2.45, 2.75) is 20.0 Å². The van der Waals surface area contributed by atoms with Gasteiger partial charge in [0.2, 0.25) is 0 Å². The Bertz CT molecular complexity index is 614. The van der Waals surface area contributed by atoms with E-state index in [1.165, 1.54) is 5.56 Å². The van der Waals surface area contributed by atoms with Gasteiger partial charge in [-0.25, -0.2) is 0 Å². The minimum atomic E-state index is 0.433. The van der Waals surface area contributed by atoms with E-state index in [9.17, 15) is 0 Å². The summed E-state index contributed by atoms with van der Waals surface area (Å²) in [5.41, 5.74) is 8.77. The molecule has 0 atom stereocenters. The van der Waals surface area contributed by atoms with Crippen molar-refractivity contribution in [1.29, 1.82) is 0 Å². The molecule has 0 heterocycles. The predicted octanol–water partition coefficient (Wildman–Crippen LogP) is 3.74. The Hall–Kier alpha value is -1.71. The zero-order valence-electron chi connectivity index (χ0n) is 12.4. The molecule has 0 aliphatic carbocycles. The van der Waals surface area contributed by atoms with Crippen molar-refractivity contribution in [3.8, 4) is 11.5 Å². The van der Waals surface area contributed by atoms with E-state index in [2.05, 4.69) is 6.07 Å². The Morgan fingerprint density at radius 2 is 1.95 bits per heavy atom. The van der Waals surface area contributed by atoms with Gasteiger partial charge in [0, 0.05) is 16.1 Å². The van der Waals surface area contributed by atoms with Crippen LogP contribution in [0.3, 0.4) is 0 Å². The first-order valence-corrected chi connectivity index (χ1v) is 7.27. The number of hydrogen-bond acceptors (Lipinski definition) is 3. The highest BCUT2D eigenvalue weighted by molar-refractivity contribution is 6.31. The average Bonchev–Trinajstić information content (AvgIpc) is 2.48. The zero-order valence-corrected chi connectivity index (χ0v) is 13.1. The molecule has 0 amide bonds. The van der Waals surface area contributed by atoms with E-state index in [-0.39, 0.29) is 0 Å². The van der Waals surface area contributed by atoms with Crippen LogP contribution in [0.1, 0.15) is 16.7 Å². The monoisotopic (exact) mass is 305 g/mol. The van der Waals surface area contributed by atoms with Gasteiger partial charge in [0.15, 0.2) is 0 Å². The molecule has 0 bridgehead atoms. The van der Waals surface area contributed by atoms with Crippen LogP contribution in [0.2, 0.25) is 5.02 Å². The molecule has 3 nitrogen and oxygen atoms in total. The van der Waals surface area contributed by atoms with Gasteiger partial charge in [0.25, 0.3) is 0 Å². The maximum absolute atomic E-state index is 6.21. The summed E-state index contributed by atoms with van der Waals surface area (Å²) in [6, 6.07) is 11.7. The Labute approximate surface area is 130 Å². The first-order valence-electron chi connectivity index (χ1n) is 6.89. The SMILES string of the molecule is COc1ccc(C)cc1COc1cccc(Cl)c1CCN. The number of rotatable bonds is 6. The first kappa shape index (κ1) is 15.7. The lowest BCUT2D eigenvalue weighted by Crippen LogP contribution is -2.06. The summed E-state index contributed by atoms with van der Waals surface area (Å²) in [5.74, 6) is 1.60. The lowest BCUT2D eigenvalue weighted by atomic mass is 10.1. The summed E-state index contributed by atoms with van der Waals surface area (Å²) in [4.78, 5) is 0. The van der Waals surface area contributed by atoms with Gasteiger partial charge in [-0.15, -0.1) is 0 Å². The van der Waals surface area contributed by atoms with Crippen LogP contribution < -0.4 is 15.2 Å². The highest BCUT2D eigenvalue weighted by Gasteiger charge is 2.09. The molecule has 0 saturated heterocycles. The largest absolute Gasteiger partial charge is 0.496 e. The van der Waals surface area contributed by atoms with Gasteiger partial charge in [-0.2, -0.15) is 0 Å². The van der Waals surface area contributed by atoms with Gasteiger partial charge in [0.1, 0.15) is 18.1 Å². The second-order valence-corrected chi connectivity index (χ2v) is 5.27. The molecule has 112 valence electrons. The Balaban J connectivity index is 2.20. The van der Waals surface area contributed by atoms with Crippen LogP contribution in [0.15, 0.2) is 36.4 Å². The van der Waals surface area contributed by atoms with Gasteiger partial charge in [-0.1, -0.05) is 29.3 Å². The fraction of sp³-hybridized carbons (Fsp3) is 0.294. The van der Waals surface area contributed by atoms with Gasteiger partial charge in [0.05, 0.1) is 7.11 Å². The van der Waals surface area contributed by atoms with Gasteiger partial charge in [-0.3, -0.25) is 0 Å². The molecule has 4 heteroatoms. The molecule has 2 N–H and O–H groups in total. The Morgan fingerprint density at radius 1 is 1.14 bits per heavy atom. The summed E-state index contributed by atoms with van der Waals surface area (Å²) < 4.78 is 11.3. The quantitative estimate of drug-likeness (QED) is 0.884. The van der Waals surface area contributed by atoms with Crippen LogP contribution in [-0.2, 0) is 13.0 Å². The van der Waals surface area contributed by atoms with Gasteiger partial charge in [-0.05, 0) is 44.2 Å². The highest BCUT2D eigenvalue weighted by Crippen LogP contribution is 2.28. The van der Waals surface area contributed by atoms with Crippen molar-refractivity contribution in [2.75, 3.05) is 13.7 Å². The molecule has 0 spiro atoms. The van der Waals surface area contributed by atoms with Crippen LogP contribution in [-0.4, -0.2) is 13.7 Å². The van der Waals surface area contributed by atoms with E-state index in [4.69, 9.17) is 26.8 Å². The number of halogens is 1. The number of hydrogen-bond donors (Lipinski definition) is 1. The smallest absolute Gasteiger partial charge is 0.125 e. The van der Waals surface area contributed by atoms with Crippen LogP contribution >= 0.6 is 11.6 Å². The normalized spacial score (nSPS) is 10.5. The van der Waals surface area contributed by atoms with E-state index in [1.807, 2.05) is 37.3 Å². The van der Waals surface area contributed by atoms with Gasteiger partial charge < -0.3 is 15.2 Å². The maximum Gasteiger partial charge on any atom is 0.125 e. The minimum Gasteiger partial charge on any atom is -0.496 e. The second-order valence-electron chi connectivity index (χ2n) is 4.86. The predicted molar refractivity (Wildman–Crippen MR) is 86.3 cm³/mol. The third-order valence-electron chi connectivity index (χ3n) is 3.29. The van der Waals surface area contributed by atoms with Crippen molar-refractivity contribution in [3.63, 3.8) is 0 Å². The third-order valence-corrected chi connectivity index (χ3v) is 3.64. The molecule has 0 radical (unpaired) electrons. The molecular formula is C17H20ClNO2. The summed E-state index contributed by atoms with van der Waals surface area (Å²) in [5, 5.41) is 0.689. The first-order chi connectivity index (χ1) is 10.2. The summed E-state index contributed by atoms with van der Waals surface area (Å²) >= 11 is 6.21. The molecule has 2 aromatic carbocycles. The average molecular weight is 306 g/mol. The molecule has 2 rings (SSSR count). The Morgan fingerprint density at radius 3 is 2.67 bits per heavy atom. The standard InChI is InChI=1S/C17H20ClNO2/c1-12-6-7-16(20-2)13(10-12)11-21-17-5-3-4-15(18)14(17)8-9-19/h3-7,10H,8-9,11,19H2,1-2H3. The summed E-state index contributed by atoms with van der Waals surface area (Å²) in [6.45, 7) is 3.01. The summed E-state index contributed by atoms with van der Waals surface area (Å²) in [6.07, 6.45) is 0.694. The van der Waals surface area contributed by atoms with E-state index < -0.39 is 0 Å². The van der Waals surface area contributed by atoms with Crippen LogP contribution in [0.4, 0.5) is 0 Å². The molecule has 0 saturated carbocycles. The van der Waals surface area contributed by atoms with Crippen LogP contribution in [0.5, 0.6) is 11.5 Å². The van der Waals surface area contributed by atoms with Gasteiger partial charge >= 0.3 is 0 Å². The molecule has 0 aromatic heterocycles. The molecule has 0 fully saturated rings. The minimum absolute atomic E-state index is 0.433. The van der Waals surface area contributed by atoms with E-state index >= 15 is 0 Å². The van der Waals surface area contributed by atoms with Crippen molar-refractivity contribution in [2.24, 2.45) is 5.73 Å². The lowest BCUT2D eigenvalue weighted by molar-refractivity contribution is 0.294. The lowest BCUT2D eigenvalue weighted by Gasteiger charge is -2.14. The van der Waals surface area contributed by atoms with E-state index in [0.717, 1.165) is 22.6 Å². The highest BCUT2D eigenvalue weighted by atomic mass is 35.5. The van der Waals surface area contributed by atoms with Crippen molar-refractivity contribution >= 4 is 11.6 Å². The fourth-order valence-corrected chi connectivity index (χ4v) is 2.50. The molecular weight excluding hydrogens is 286 g/mol. The third kappa shape index (κ3) is 3.90. The van der Waals surface area contributed by atoms with Crippen molar-refractivity contribution in [1.82, 2.24) is 0 Å². The number of aryl methyl sites for hydroxylation is 1. The molecule has 0 aliphatic rings. The summed E-state index contributed by atoms with van der Waals surface area (Å²) in [7, 11) is 1.66. The van der Waals surface area contributed by atoms with Crippen molar-refractivity contribution < 1.29 is 9.47 Å². The van der Waals surface area contributed by atoms with Crippen LogP contribution in [0.25, 0.3) is 0 Å². The van der Waals surface area contributed by atoms with Crippen LogP contribution in [0, 0.1) is 6.92 Å². The number of benzene rings is 2. The van der Waals surface area contributed by atoms with E-state index in [0.29, 0.717) is 24.6 Å². The number of ether oxygens (including phenoxy) is 2. The molecule has 0 unspecified atom stereocenters. The molecule has 21 heavy (non-hydrogen) atoms. The maximum atomic E-state index is 6.21. The number of nitrogens with two attached hydrogens (primary N) is 1. The van der Waals surface area contributed by atoms with Crippen molar-refractivity contribution in [3.05, 3.63) is 58.1 Å².